The zero-order valence-electron chi connectivity index (χ0n) is 14.2. The van der Waals surface area contributed by atoms with E-state index in [0.717, 1.165) is 36.6 Å². The number of likely N-dealkylation sites (tertiary alicyclic amines) is 1. The highest BCUT2D eigenvalue weighted by Crippen LogP contribution is 2.22. The molecule has 0 spiro atoms. The highest BCUT2D eigenvalue weighted by Gasteiger charge is 2.22. The maximum Gasteiger partial charge on any atom is 0.272 e. The van der Waals surface area contributed by atoms with Crippen molar-refractivity contribution < 1.29 is 9.53 Å². The molecule has 126 valence electrons. The van der Waals surface area contributed by atoms with E-state index in [0.29, 0.717) is 11.6 Å². The van der Waals surface area contributed by atoms with Gasteiger partial charge in [0.2, 0.25) is 0 Å². The van der Waals surface area contributed by atoms with Gasteiger partial charge in [0, 0.05) is 30.7 Å². The molecule has 2 heterocycles. The molecule has 24 heavy (non-hydrogen) atoms. The number of nitrogens with one attached hydrogen (secondary N) is 1. The van der Waals surface area contributed by atoms with Gasteiger partial charge >= 0.3 is 0 Å². The van der Waals surface area contributed by atoms with Crippen LogP contribution in [0.3, 0.4) is 0 Å². The van der Waals surface area contributed by atoms with Crippen LogP contribution in [0.15, 0.2) is 42.6 Å². The number of pyridine rings is 1. The van der Waals surface area contributed by atoms with E-state index in [1.807, 2.05) is 41.3 Å². The third-order valence-electron chi connectivity index (χ3n) is 4.30. The summed E-state index contributed by atoms with van der Waals surface area (Å²) in [6, 6.07) is 11.3. The Labute approximate surface area is 142 Å². The first-order valence-electron chi connectivity index (χ1n) is 8.32. The molecule has 1 aromatic heterocycles. The summed E-state index contributed by atoms with van der Waals surface area (Å²) in [5.41, 5.74) is 2.28. The number of hydrogen-bond acceptors (Lipinski definition) is 4. The van der Waals surface area contributed by atoms with Crippen LogP contribution in [0.1, 0.15) is 30.3 Å². The number of ether oxygens (including phenoxy) is 1. The molecule has 0 bridgehead atoms. The average molecular weight is 325 g/mol. The number of methoxy groups -OCH3 is 1. The number of amides is 1. The van der Waals surface area contributed by atoms with Crippen LogP contribution in [0.5, 0.6) is 5.75 Å². The van der Waals surface area contributed by atoms with E-state index >= 15 is 0 Å². The second-order valence-corrected chi connectivity index (χ2v) is 6.28. The van der Waals surface area contributed by atoms with E-state index < -0.39 is 0 Å². The molecule has 3 rings (SSSR count). The van der Waals surface area contributed by atoms with Gasteiger partial charge in [-0.2, -0.15) is 0 Å². The minimum absolute atomic E-state index is 0.0138. The van der Waals surface area contributed by atoms with E-state index in [9.17, 15) is 4.79 Å². The monoisotopic (exact) mass is 325 g/mol. The maximum absolute atomic E-state index is 12.7. The lowest BCUT2D eigenvalue weighted by Crippen LogP contribution is -2.39. The average Bonchev–Trinajstić information content (AvgIpc) is 2.62. The van der Waals surface area contributed by atoms with Gasteiger partial charge in [-0.1, -0.05) is 6.92 Å². The van der Waals surface area contributed by atoms with Gasteiger partial charge in [0.25, 0.3) is 5.91 Å². The van der Waals surface area contributed by atoms with Crippen LogP contribution in [0.25, 0.3) is 0 Å². The first kappa shape index (κ1) is 16.3. The van der Waals surface area contributed by atoms with Crippen molar-refractivity contribution in [1.29, 1.82) is 0 Å². The van der Waals surface area contributed by atoms with Crippen LogP contribution in [-0.4, -0.2) is 36.0 Å². The van der Waals surface area contributed by atoms with Crippen molar-refractivity contribution in [2.24, 2.45) is 5.92 Å². The highest BCUT2D eigenvalue weighted by atomic mass is 16.5. The van der Waals surface area contributed by atoms with E-state index in [1.165, 1.54) is 6.42 Å². The Kier molecular flexibility index (Phi) is 4.99. The molecule has 1 aliphatic rings. The molecule has 0 radical (unpaired) electrons. The summed E-state index contributed by atoms with van der Waals surface area (Å²) in [7, 11) is 1.64. The molecule has 2 aromatic rings. The van der Waals surface area contributed by atoms with E-state index in [-0.39, 0.29) is 5.91 Å². The normalized spacial score (nSPS) is 17.4. The summed E-state index contributed by atoms with van der Waals surface area (Å²) in [4.78, 5) is 18.8. The van der Waals surface area contributed by atoms with Crippen molar-refractivity contribution in [3.8, 4) is 5.75 Å². The SMILES string of the molecule is COc1ccc(Nc2ccnc(C(=O)N3CCCC(C)C3)c2)cc1. The minimum atomic E-state index is 0.0138. The summed E-state index contributed by atoms with van der Waals surface area (Å²) in [6.07, 6.45) is 3.93. The number of carbonyl (C=O) groups is 1. The number of hydrogen-bond donors (Lipinski definition) is 1. The van der Waals surface area contributed by atoms with E-state index in [2.05, 4.69) is 17.2 Å². The molecule has 1 atom stereocenters. The van der Waals surface area contributed by atoms with Crippen molar-refractivity contribution in [3.63, 3.8) is 0 Å². The molecule has 0 aliphatic carbocycles. The van der Waals surface area contributed by atoms with E-state index in [4.69, 9.17) is 4.74 Å². The van der Waals surface area contributed by atoms with Crippen molar-refractivity contribution in [2.75, 3.05) is 25.5 Å². The summed E-state index contributed by atoms with van der Waals surface area (Å²) in [5, 5.41) is 3.30. The Bertz CT molecular complexity index is 700. The third kappa shape index (κ3) is 3.85. The van der Waals surface area contributed by atoms with Gasteiger partial charge < -0.3 is 15.0 Å². The molecular weight excluding hydrogens is 302 g/mol. The fourth-order valence-corrected chi connectivity index (χ4v) is 3.00. The number of anilines is 2. The van der Waals surface area contributed by atoms with Gasteiger partial charge in [0.15, 0.2) is 0 Å². The Morgan fingerprint density at radius 3 is 2.75 bits per heavy atom. The smallest absolute Gasteiger partial charge is 0.272 e. The van der Waals surface area contributed by atoms with Crippen molar-refractivity contribution in [1.82, 2.24) is 9.88 Å². The molecule has 1 fully saturated rings. The van der Waals surface area contributed by atoms with Crippen LogP contribution in [0, 0.1) is 5.92 Å². The maximum atomic E-state index is 12.7. The second kappa shape index (κ2) is 7.34. The first-order chi connectivity index (χ1) is 11.7. The lowest BCUT2D eigenvalue weighted by atomic mass is 10.00. The molecule has 1 N–H and O–H groups in total. The third-order valence-corrected chi connectivity index (χ3v) is 4.30. The zero-order valence-corrected chi connectivity index (χ0v) is 14.2. The highest BCUT2D eigenvalue weighted by molar-refractivity contribution is 5.93. The summed E-state index contributed by atoms with van der Waals surface area (Å²) in [6.45, 7) is 3.83. The summed E-state index contributed by atoms with van der Waals surface area (Å²) < 4.78 is 5.16. The predicted molar refractivity (Wildman–Crippen MR) is 94.8 cm³/mol. The molecule has 0 saturated carbocycles. The molecule has 1 aliphatic heterocycles. The lowest BCUT2D eigenvalue weighted by molar-refractivity contribution is 0.0677. The Morgan fingerprint density at radius 1 is 1.25 bits per heavy atom. The Hall–Kier alpha value is -2.56. The van der Waals surface area contributed by atoms with Gasteiger partial charge in [0.05, 0.1) is 7.11 Å². The molecule has 1 amide bonds. The molecule has 1 aromatic carbocycles. The zero-order chi connectivity index (χ0) is 16.9. The van der Waals surface area contributed by atoms with Crippen molar-refractivity contribution in [3.05, 3.63) is 48.3 Å². The van der Waals surface area contributed by atoms with Crippen LogP contribution in [0.4, 0.5) is 11.4 Å². The number of carbonyl (C=O) groups excluding carboxylic acids is 1. The number of aromatic nitrogens is 1. The fraction of sp³-hybridized carbons (Fsp3) is 0.368. The molecule has 1 saturated heterocycles. The number of piperidine rings is 1. The fourth-order valence-electron chi connectivity index (χ4n) is 3.00. The molecule has 5 nitrogen and oxygen atoms in total. The second-order valence-electron chi connectivity index (χ2n) is 6.28. The molecule has 5 heteroatoms. The first-order valence-corrected chi connectivity index (χ1v) is 8.32. The summed E-state index contributed by atoms with van der Waals surface area (Å²) >= 11 is 0. The minimum Gasteiger partial charge on any atom is -0.497 e. The van der Waals surface area contributed by atoms with Gasteiger partial charge in [0.1, 0.15) is 11.4 Å². The Balaban J connectivity index is 1.72. The van der Waals surface area contributed by atoms with Gasteiger partial charge in [-0.15, -0.1) is 0 Å². The van der Waals surface area contributed by atoms with Crippen LogP contribution >= 0.6 is 0 Å². The molecular formula is C19H23N3O2. The molecule has 1 unspecified atom stereocenters. The van der Waals surface area contributed by atoms with Crippen LogP contribution < -0.4 is 10.1 Å². The quantitative estimate of drug-likeness (QED) is 0.931. The summed E-state index contributed by atoms with van der Waals surface area (Å²) in [5.74, 6) is 1.38. The number of benzene rings is 1. The Morgan fingerprint density at radius 2 is 2.04 bits per heavy atom. The standard InChI is InChI=1S/C19H23N3O2/c1-14-4-3-11-22(13-14)19(23)18-12-16(9-10-20-18)21-15-5-7-17(24-2)8-6-15/h5-10,12,14H,3-4,11,13H2,1-2H3,(H,20,21). The van der Waals surface area contributed by atoms with Crippen LogP contribution in [0.2, 0.25) is 0 Å². The predicted octanol–water partition coefficient (Wildman–Crippen LogP) is 3.71. The van der Waals surface area contributed by atoms with Gasteiger partial charge in [-0.3, -0.25) is 9.78 Å². The van der Waals surface area contributed by atoms with Gasteiger partial charge in [-0.05, 0) is 55.2 Å². The van der Waals surface area contributed by atoms with Crippen molar-refractivity contribution in [2.45, 2.75) is 19.8 Å². The largest absolute Gasteiger partial charge is 0.497 e. The van der Waals surface area contributed by atoms with Crippen LogP contribution in [-0.2, 0) is 0 Å². The van der Waals surface area contributed by atoms with Crippen molar-refractivity contribution >= 4 is 17.3 Å². The van der Waals surface area contributed by atoms with E-state index in [1.54, 1.807) is 13.3 Å². The number of nitrogens with zero attached hydrogens (tertiary/aromatic N) is 2. The number of rotatable bonds is 4. The topological polar surface area (TPSA) is 54.5 Å². The van der Waals surface area contributed by atoms with Gasteiger partial charge in [-0.25, -0.2) is 0 Å². The lowest BCUT2D eigenvalue weighted by Gasteiger charge is -2.30.